The van der Waals surface area contributed by atoms with Gasteiger partial charge in [0.25, 0.3) is 0 Å². The molecule has 0 radical (unpaired) electrons. The first-order valence-electron chi connectivity index (χ1n) is 6.10. The van der Waals surface area contributed by atoms with E-state index in [2.05, 4.69) is 25.8 Å². The van der Waals surface area contributed by atoms with E-state index in [1.807, 2.05) is 5.38 Å². The van der Waals surface area contributed by atoms with Crippen LogP contribution in [-0.4, -0.2) is 10.8 Å². The molecule has 100 valence electrons. The SMILES string of the molecule is CC(C)(C)c1csc(CC(=O)c2cccc(Cl)c2)n1. The highest BCUT2D eigenvalue weighted by molar-refractivity contribution is 7.09. The lowest BCUT2D eigenvalue weighted by molar-refractivity contribution is 0.0993. The molecule has 0 aliphatic heterocycles. The van der Waals surface area contributed by atoms with E-state index in [0.717, 1.165) is 10.7 Å². The number of Topliss-reactive ketones (excluding diaryl/α,β-unsaturated/α-hetero) is 1. The van der Waals surface area contributed by atoms with Gasteiger partial charge in [-0.3, -0.25) is 4.79 Å². The Morgan fingerprint density at radius 3 is 2.68 bits per heavy atom. The molecule has 0 N–H and O–H groups in total. The fourth-order valence-corrected chi connectivity index (χ4v) is 2.85. The molecule has 0 bridgehead atoms. The molecule has 0 aliphatic carbocycles. The van der Waals surface area contributed by atoms with Crippen molar-refractivity contribution in [2.24, 2.45) is 0 Å². The van der Waals surface area contributed by atoms with Crippen LogP contribution >= 0.6 is 22.9 Å². The zero-order chi connectivity index (χ0) is 14.0. The molecule has 2 rings (SSSR count). The van der Waals surface area contributed by atoms with E-state index in [0.29, 0.717) is 17.0 Å². The predicted octanol–water partition coefficient (Wildman–Crippen LogP) is 4.52. The third-order valence-electron chi connectivity index (χ3n) is 2.78. The predicted molar refractivity (Wildman–Crippen MR) is 80.3 cm³/mol. The summed E-state index contributed by atoms with van der Waals surface area (Å²) < 4.78 is 0. The standard InChI is InChI=1S/C15H16ClNOS/c1-15(2,3)13-9-19-14(17-13)8-12(18)10-5-4-6-11(16)7-10/h4-7,9H,8H2,1-3H3. The topological polar surface area (TPSA) is 30.0 Å². The number of ketones is 1. The average Bonchev–Trinajstić information content (AvgIpc) is 2.77. The van der Waals surface area contributed by atoms with E-state index in [9.17, 15) is 4.79 Å². The largest absolute Gasteiger partial charge is 0.294 e. The minimum atomic E-state index is 0.0217. The number of carbonyl (C=O) groups is 1. The van der Waals surface area contributed by atoms with Crippen LogP contribution in [0.15, 0.2) is 29.6 Å². The molecule has 0 spiro atoms. The monoisotopic (exact) mass is 293 g/mol. The Hall–Kier alpha value is -1.19. The van der Waals surface area contributed by atoms with Crippen LogP contribution in [0.4, 0.5) is 0 Å². The average molecular weight is 294 g/mol. The summed E-state index contributed by atoms with van der Waals surface area (Å²) in [6.45, 7) is 6.35. The van der Waals surface area contributed by atoms with Crippen molar-refractivity contribution in [2.45, 2.75) is 32.6 Å². The first-order valence-corrected chi connectivity index (χ1v) is 7.35. The summed E-state index contributed by atoms with van der Waals surface area (Å²) in [6.07, 6.45) is 0.334. The molecule has 1 aromatic heterocycles. The zero-order valence-electron chi connectivity index (χ0n) is 11.2. The molecule has 2 nitrogen and oxygen atoms in total. The number of nitrogens with zero attached hydrogens (tertiary/aromatic N) is 1. The van der Waals surface area contributed by atoms with Gasteiger partial charge < -0.3 is 0 Å². The van der Waals surface area contributed by atoms with Gasteiger partial charge in [-0.15, -0.1) is 11.3 Å². The van der Waals surface area contributed by atoms with Crippen LogP contribution in [0, 0.1) is 0 Å². The molecule has 0 atom stereocenters. The van der Waals surface area contributed by atoms with Gasteiger partial charge in [0, 0.05) is 21.4 Å². The van der Waals surface area contributed by atoms with Gasteiger partial charge >= 0.3 is 0 Å². The molecule has 0 aliphatic rings. The fourth-order valence-electron chi connectivity index (χ4n) is 1.64. The molecule has 19 heavy (non-hydrogen) atoms. The van der Waals surface area contributed by atoms with Crippen molar-refractivity contribution in [1.82, 2.24) is 4.98 Å². The van der Waals surface area contributed by atoms with Crippen LogP contribution in [0.5, 0.6) is 0 Å². The number of rotatable bonds is 3. The van der Waals surface area contributed by atoms with Gasteiger partial charge in [0.15, 0.2) is 5.78 Å². The van der Waals surface area contributed by atoms with Gasteiger partial charge in [-0.1, -0.05) is 44.5 Å². The fraction of sp³-hybridized carbons (Fsp3) is 0.333. The first kappa shape index (κ1) is 14.2. The summed E-state index contributed by atoms with van der Waals surface area (Å²) in [7, 11) is 0. The van der Waals surface area contributed by atoms with Gasteiger partial charge in [-0.2, -0.15) is 0 Å². The van der Waals surface area contributed by atoms with Crippen LogP contribution in [0.2, 0.25) is 5.02 Å². The summed E-state index contributed by atoms with van der Waals surface area (Å²) in [6, 6.07) is 7.03. The maximum Gasteiger partial charge on any atom is 0.169 e. The van der Waals surface area contributed by atoms with Crippen molar-refractivity contribution in [3.05, 3.63) is 50.9 Å². The van der Waals surface area contributed by atoms with Gasteiger partial charge in [0.1, 0.15) is 5.01 Å². The third kappa shape index (κ3) is 3.64. The Balaban J connectivity index is 2.13. The van der Waals surface area contributed by atoms with Gasteiger partial charge in [0.2, 0.25) is 0 Å². The van der Waals surface area contributed by atoms with Crippen LogP contribution < -0.4 is 0 Å². The maximum atomic E-state index is 12.1. The van der Waals surface area contributed by atoms with Gasteiger partial charge in [-0.25, -0.2) is 4.98 Å². The quantitative estimate of drug-likeness (QED) is 0.779. The highest BCUT2D eigenvalue weighted by Crippen LogP contribution is 2.24. The Morgan fingerprint density at radius 1 is 1.37 bits per heavy atom. The zero-order valence-corrected chi connectivity index (χ0v) is 12.8. The Morgan fingerprint density at radius 2 is 2.11 bits per heavy atom. The van der Waals surface area contributed by atoms with Crippen molar-refractivity contribution < 1.29 is 4.79 Å². The molecule has 1 aromatic carbocycles. The van der Waals surface area contributed by atoms with Crippen LogP contribution in [0.25, 0.3) is 0 Å². The lowest BCUT2D eigenvalue weighted by Crippen LogP contribution is -2.12. The van der Waals surface area contributed by atoms with Gasteiger partial charge in [0.05, 0.1) is 12.1 Å². The van der Waals surface area contributed by atoms with Crippen molar-refractivity contribution >= 4 is 28.7 Å². The molecular weight excluding hydrogens is 278 g/mol. The smallest absolute Gasteiger partial charge is 0.169 e. The van der Waals surface area contributed by atoms with Crippen molar-refractivity contribution in [2.75, 3.05) is 0 Å². The number of benzene rings is 1. The van der Waals surface area contributed by atoms with Crippen molar-refractivity contribution in [3.8, 4) is 0 Å². The van der Waals surface area contributed by atoms with Gasteiger partial charge in [-0.05, 0) is 12.1 Å². The molecular formula is C15H16ClNOS. The Labute approximate surface area is 122 Å². The summed E-state index contributed by atoms with van der Waals surface area (Å²) >= 11 is 7.43. The molecule has 0 unspecified atom stereocenters. The lowest BCUT2D eigenvalue weighted by atomic mass is 9.93. The number of hydrogen-bond donors (Lipinski definition) is 0. The molecule has 0 amide bonds. The number of aromatic nitrogens is 1. The van der Waals surface area contributed by atoms with E-state index in [1.54, 1.807) is 24.3 Å². The molecule has 0 fully saturated rings. The van der Waals surface area contributed by atoms with Crippen molar-refractivity contribution in [1.29, 1.82) is 0 Å². The van der Waals surface area contributed by atoms with E-state index in [4.69, 9.17) is 11.6 Å². The summed E-state index contributed by atoms with van der Waals surface area (Å²) in [5, 5.41) is 3.47. The van der Waals surface area contributed by atoms with Crippen LogP contribution in [-0.2, 0) is 11.8 Å². The third-order valence-corrected chi connectivity index (χ3v) is 3.86. The second-order valence-corrected chi connectivity index (χ2v) is 6.87. The second-order valence-electron chi connectivity index (χ2n) is 5.49. The number of thiazole rings is 1. The van der Waals surface area contributed by atoms with E-state index >= 15 is 0 Å². The minimum Gasteiger partial charge on any atom is -0.294 e. The van der Waals surface area contributed by atoms with Crippen LogP contribution in [0.1, 0.15) is 41.8 Å². The second kappa shape index (κ2) is 5.43. The summed E-state index contributed by atoms with van der Waals surface area (Å²) in [5.41, 5.74) is 1.69. The van der Waals surface area contributed by atoms with Crippen LogP contribution in [0.3, 0.4) is 0 Å². The summed E-state index contributed by atoms with van der Waals surface area (Å²) in [5.74, 6) is 0.0531. The Kier molecular flexibility index (Phi) is 4.07. The first-order chi connectivity index (χ1) is 8.86. The maximum absolute atomic E-state index is 12.1. The highest BCUT2D eigenvalue weighted by Gasteiger charge is 2.18. The highest BCUT2D eigenvalue weighted by atomic mass is 35.5. The normalized spacial score (nSPS) is 11.6. The minimum absolute atomic E-state index is 0.0217. The lowest BCUT2D eigenvalue weighted by Gasteiger charge is -2.14. The molecule has 0 saturated carbocycles. The summed E-state index contributed by atoms with van der Waals surface area (Å²) in [4.78, 5) is 16.7. The van der Waals surface area contributed by atoms with Crippen molar-refractivity contribution in [3.63, 3.8) is 0 Å². The van der Waals surface area contributed by atoms with E-state index in [-0.39, 0.29) is 11.2 Å². The molecule has 0 saturated heterocycles. The molecule has 4 heteroatoms. The van der Waals surface area contributed by atoms with E-state index < -0.39 is 0 Å². The number of halogens is 1. The van der Waals surface area contributed by atoms with E-state index in [1.165, 1.54) is 11.3 Å². The molecule has 2 aromatic rings. The Bertz CT molecular complexity index is 598. The number of hydrogen-bond acceptors (Lipinski definition) is 3. The number of carbonyl (C=O) groups excluding carboxylic acids is 1. The molecule has 1 heterocycles.